The Bertz CT molecular complexity index is 883. The van der Waals surface area contributed by atoms with Crippen molar-refractivity contribution in [2.75, 3.05) is 12.8 Å². The molecule has 25 heavy (non-hydrogen) atoms. The average Bonchev–Trinajstić information content (AvgIpc) is 2.89. The van der Waals surface area contributed by atoms with Gasteiger partial charge in [-0.25, -0.2) is 9.97 Å². The van der Waals surface area contributed by atoms with Crippen LogP contribution in [0.4, 0.5) is 5.82 Å². The Morgan fingerprint density at radius 2 is 1.76 bits per heavy atom. The number of hydrogen-bond acceptors (Lipinski definition) is 5. The van der Waals surface area contributed by atoms with Gasteiger partial charge in [-0.15, -0.1) is 11.3 Å². The topological polar surface area (TPSA) is 55.0 Å². The number of fused-ring (bicyclic) bond motifs is 1. The van der Waals surface area contributed by atoms with Crippen LogP contribution in [0.5, 0.6) is 0 Å². The first-order valence-electron chi connectivity index (χ1n) is 8.71. The maximum absolute atomic E-state index is 6.23. The summed E-state index contributed by atoms with van der Waals surface area (Å²) < 4.78 is 0. The summed E-state index contributed by atoms with van der Waals surface area (Å²) in [6, 6.07) is 8.90. The Morgan fingerprint density at radius 3 is 2.40 bits per heavy atom. The third-order valence-electron chi connectivity index (χ3n) is 4.97. The van der Waals surface area contributed by atoms with Gasteiger partial charge in [0.05, 0.1) is 11.4 Å². The van der Waals surface area contributed by atoms with Crippen LogP contribution in [0.2, 0.25) is 0 Å². The van der Waals surface area contributed by atoms with E-state index in [0.717, 1.165) is 29.0 Å². The van der Waals surface area contributed by atoms with Crippen molar-refractivity contribution in [3.8, 4) is 0 Å². The van der Waals surface area contributed by atoms with Crippen molar-refractivity contribution < 1.29 is 0 Å². The van der Waals surface area contributed by atoms with E-state index in [1.807, 2.05) is 0 Å². The Balaban J connectivity index is 1.83. The largest absolute Gasteiger partial charge is 0.383 e. The summed E-state index contributed by atoms with van der Waals surface area (Å²) in [5.41, 5.74) is 10.1. The molecular weight excluding hydrogens is 328 g/mol. The van der Waals surface area contributed by atoms with Gasteiger partial charge in [-0.3, -0.25) is 4.90 Å². The lowest BCUT2D eigenvalue weighted by atomic mass is 10.1. The minimum absolute atomic E-state index is 0.0975. The molecule has 0 spiro atoms. The normalized spacial score (nSPS) is 12.9. The maximum atomic E-state index is 6.23. The number of aromatic nitrogens is 2. The first kappa shape index (κ1) is 17.8. The van der Waals surface area contributed by atoms with Gasteiger partial charge in [0, 0.05) is 11.4 Å². The van der Waals surface area contributed by atoms with Crippen molar-refractivity contribution in [3.63, 3.8) is 0 Å². The van der Waals surface area contributed by atoms with E-state index in [0.29, 0.717) is 5.82 Å². The highest BCUT2D eigenvalue weighted by Gasteiger charge is 2.19. The fourth-order valence-electron chi connectivity index (χ4n) is 2.99. The van der Waals surface area contributed by atoms with Crippen LogP contribution in [0.25, 0.3) is 10.2 Å². The smallest absolute Gasteiger partial charge is 0.149 e. The van der Waals surface area contributed by atoms with E-state index in [4.69, 9.17) is 10.7 Å². The van der Waals surface area contributed by atoms with Gasteiger partial charge < -0.3 is 5.73 Å². The molecule has 0 aliphatic carbocycles. The van der Waals surface area contributed by atoms with Gasteiger partial charge in [0.1, 0.15) is 16.5 Å². The summed E-state index contributed by atoms with van der Waals surface area (Å²) in [5, 5.41) is 1.01. The molecule has 0 aliphatic rings. The molecule has 0 saturated carbocycles. The highest BCUT2D eigenvalue weighted by Crippen LogP contribution is 2.33. The number of hydrogen-bond donors (Lipinski definition) is 1. The predicted octanol–water partition coefficient (Wildman–Crippen LogP) is 4.65. The van der Waals surface area contributed by atoms with Gasteiger partial charge in [0.15, 0.2) is 0 Å². The molecule has 3 rings (SSSR count). The van der Waals surface area contributed by atoms with Crippen molar-refractivity contribution in [2.24, 2.45) is 0 Å². The molecule has 0 fully saturated rings. The molecule has 0 radical (unpaired) electrons. The molecule has 1 aromatic carbocycles. The van der Waals surface area contributed by atoms with Gasteiger partial charge in [0.25, 0.3) is 0 Å². The van der Waals surface area contributed by atoms with Crippen LogP contribution >= 0.6 is 11.3 Å². The number of aryl methyl sites for hydroxylation is 3. The van der Waals surface area contributed by atoms with E-state index in [1.54, 1.807) is 11.3 Å². The van der Waals surface area contributed by atoms with E-state index < -0.39 is 0 Å². The zero-order valence-corrected chi connectivity index (χ0v) is 16.4. The molecule has 0 unspecified atom stereocenters. The van der Waals surface area contributed by atoms with Crippen LogP contribution in [-0.4, -0.2) is 21.9 Å². The van der Waals surface area contributed by atoms with Gasteiger partial charge in [-0.05, 0) is 50.9 Å². The van der Waals surface area contributed by atoms with Crippen LogP contribution in [0, 0.1) is 13.8 Å². The summed E-state index contributed by atoms with van der Waals surface area (Å²) in [5.74, 6) is 1.38. The molecule has 4 nitrogen and oxygen atoms in total. The zero-order chi connectivity index (χ0) is 18.1. The molecule has 0 bridgehead atoms. The number of rotatable bonds is 5. The highest BCUT2D eigenvalue weighted by molar-refractivity contribution is 7.18. The summed E-state index contributed by atoms with van der Waals surface area (Å²) in [4.78, 5) is 13.9. The van der Waals surface area contributed by atoms with Gasteiger partial charge in [0.2, 0.25) is 0 Å². The SMILES string of the molecule is CCc1ccc(CN(C)[C@@H](C)c2nc(N)c3c(C)c(C)sc3n2)cc1. The van der Waals surface area contributed by atoms with Gasteiger partial charge in [-0.1, -0.05) is 31.2 Å². The number of anilines is 1. The quantitative estimate of drug-likeness (QED) is 0.725. The Labute approximate surface area is 153 Å². The fraction of sp³-hybridized carbons (Fsp3) is 0.400. The standard InChI is InChI=1S/C20H26N4S/c1-6-15-7-9-16(10-8-15)11-24(5)13(3)19-22-18(21)17-12(2)14(4)25-20(17)23-19/h7-10,13H,6,11H2,1-5H3,(H2,21,22,23)/t13-/m0/s1. The van der Waals surface area contributed by atoms with Crippen molar-refractivity contribution in [1.29, 1.82) is 0 Å². The van der Waals surface area contributed by atoms with Crippen molar-refractivity contribution in [1.82, 2.24) is 14.9 Å². The average molecular weight is 355 g/mol. The molecule has 132 valence electrons. The Morgan fingerprint density at radius 1 is 1.12 bits per heavy atom. The number of benzene rings is 1. The summed E-state index contributed by atoms with van der Waals surface area (Å²) in [7, 11) is 2.10. The van der Waals surface area contributed by atoms with E-state index in [1.165, 1.54) is 21.6 Å². The molecule has 0 saturated heterocycles. The van der Waals surface area contributed by atoms with E-state index >= 15 is 0 Å². The molecule has 0 amide bonds. The summed E-state index contributed by atoms with van der Waals surface area (Å²) >= 11 is 1.69. The minimum atomic E-state index is 0.0975. The number of thiophene rings is 1. The second kappa shape index (κ2) is 7.10. The number of nitrogens with two attached hydrogens (primary N) is 1. The van der Waals surface area contributed by atoms with Crippen molar-refractivity contribution in [2.45, 2.75) is 46.7 Å². The molecule has 2 aromatic heterocycles. The van der Waals surface area contributed by atoms with Crippen LogP contribution in [0.3, 0.4) is 0 Å². The van der Waals surface area contributed by atoms with Crippen LogP contribution in [0.15, 0.2) is 24.3 Å². The number of nitrogen functional groups attached to an aromatic ring is 1. The first-order valence-corrected chi connectivity index (χ1v) is 9.53. The Hall–Kier alpha value is -1.98. The van der Waals surface area contributed by atoms with Crippen LogP contribution in [0.1, 0.15) is 47.3 Å². The Kier molecular flexibility index (Phi) is 5.06. The third kappa shape index (κ3) is 3.53. The van der Waals surface area contributed by atoms with Crippen molar-refractivity contribution >= 4 is 27.4 Å². The molecule has 1 atom stereocenters. The second-order valence-electron chi connectivity index (χ2n) is 6.69. The predicted molar refractivity (Wildman–Crippen MR) is 107 cm³/mol. The summed E-state index contributed by atoms with van der Waals surface area (Å²) in [6.07, 6.45) is 1.07. The van der Waals surface area contributed by atoms with Crippen LogP contribution < -0.4 is 5.73 Å². The highest BCUT2D eigenvalue weighted by atomic mass is 32.1. The van der Waals surface area contributed by atoms with Crippen molar-refractivity contribution in [3.05, 3.63) is 51.7 Å². The van der Waals surface area contributed by atoms with Crippen LogP contribution in [-0.2, 0) is 13.0 Å². The van der Waals surface area contributed by atoms with E-state index in [-0.39, 0.29) is 6.04 Å². The number of nitrogens with zero attached hydrogens (tertiary/aromatic N) is 3. The molecule has 5 heteroatoms. The monoisotopic (exact) mass is 354 g/mol. The van der Waals surface area contributed by atoms with E-state index in [9.17, 15) is 0 Å². The summed E-state index contributed by atoms with van der Waals surface area (Å²) in [6.45, 7) is 9.36. The third-order valence-corrected chi connectivity index (χ3v) is 6.07. The van der Waals surface area contributed by atoms with Gasteiger partial charge in [-0.2, -0.15) is 0 Å². The zero-order valence-electron chi connectivity index (χ0n) is 15.6. The minimum Gasteiger partial charge on any atom is -0.383 e. The second-order valence-corrected chi connectivity index (χ2v) is 7.89. The maximum Gasteiger partial charge on any atom is 0.149 e. The lowest BCUT2D eigenvalue weighted by molar-refractivity contribution is 0.244. The molecule has 2 heterocycles. The fourth-order valence-corrected chi connectivity index (χ4v) is 4.03. The lowest BCUT2D eigenvalue weighted by Gasteiger charge is -2.24. The first-order chi connectivity index (χ1) is 11.9. The molecular formula is C20H26N4S. The molecule has 2 N–H and O–H groups in total. The molecule has 3 aromatic rings. The lowest BCUT2D eigenvalue weighted by Crippen LogP contribution is -2.24. The van der Waals surface area contributed by atoms with E-state index in [2.05, 4.69) is 68.9 Å². The van der Waals surface area contributed by atoms with Gasteiger partial charge >= 0.3 is 0 Å². The molecule has 0 aliphatic heterocycles.